The van der Waals surface area contributed by atoms with E-state index < -0.39 is 10.0 Å². The van der Waals surface area contributed by atoms with E-state index in [9.17, 15) is 8.42 Å². The van der Waals surface area contributed by atoms with Gasteiger partial charge in [-0.2, -0.15) is 0 Å². The van der Waals surface area contributed by atoms with Gasteiger partial charge in [-0.15, -0.1) is 12.4 Å². The lowest BCUT2D eigenvalue weighted by atomic mass is 10.2. The number of hydrogen-bond donors (Lipinski definition) is 2. The first-order valence-electron chi connectivity index (χ1n) is 5.81. The van der Waals surface area contributed by atoms with E-state index in [-0.39, 0.29) is 24.2 Å². The van der Waals surface area contributed by atoms with Gasteiger partial charge in [0, 0.05) is 12.6 Å². The van der Waals surface area contributed by atoms with Gasteiger partial charge in [0.1, 0.15) is 0 Å². The molecule has 0 aliphatic carbocycles. The Kier molecular flexibility index (Phi) is 5.59. The summed E-state index contributed by atoms with van der Waals surface area (Å²) in [5.41, 5.74) is 1.92. The third-order valence-corrected chi connectivity index (χ3v) is 4.25. The molecule has 0 amide bonds. The fourth-order valence-corrected chi connectivity index (χ4v) is 3.48. The van der Waals surface area contributed by atoms with Crippen molar-refractivity contribution in [3.63, 3.8) is 0 Å². The summed E-state index contributed by atoms with van der Waals surface area (Å²) in [4.78, 5) is 0. The first kappa shape index (κ1) is 15.4. The second kappa shape index (κ2) is 6.52. The summed E-state index contributed by atoms with van der Waals surface area (Å²) >= 11 is 0. The van der Waals surface area contributed by atoms with Gasteiger partial charge in [0.2, 0.25) is 10.0 Å². The molecule has 0 bridgehead atoms. The zero-order chi connectivity index (χ0) is 12.3. The Morgan fingerprint density at radius 3 is 2.83 bits per heavy atom. The molecule has 1 unspecified atom stereocenters. The van der Waals surface area contributed by atoms with Gasteiger partial charge in [-0.25, -0.2) is 13.1 Å². The van der Waals surface area contributed by atoms with E-state index in [0.717, 1.165) is 30.6 Å². The van der Waals surface area contributed by atoms with Crippen molar-refractivity contribution < 1.29 is 8.42 Å². The first-order valence-corrected chi connectivity index (χ1v) is 7.47. The van der Waals surface area contributed by atoms with E-state index in [2.05, 4.69) is 10.0 Å². The Morgan fingerprint density at radius 2 is 2.22 bits per heavy atom. The number of benzene rings is 1. The minimum atomic E-state index is -3.22. The molecular weight excluding hydrogens is 272 g/mol. The van der Waals surface area contributed by atoms with Crippen LogP contribution in [-0.2, 0) is 15.8 Å². The van der Waals surface area contributed by atoms with Crippen molar-refractivity contribution in [1.82, 2.24) is 10.0 Å². The Balaban J connectivity index is 0.00000162. The molecule has 1 aliphatic heterocycles. The van der Waals surface area contributed by atoms with Gasteiger partial charge in [-0.3, -0.25) is 0 Å². The summed E-state index contributed by atoms with van der Waals surface area (Å²) in [6.45, 7) is 3.58. The normalized spacial score (nSPS) is 19.5. The van der Waals surface area contributed by atoms with Crippen molar-refractivity contribution in [1.29, 1.82) is 0 Å². The van der Waals surface area contributed by atoms with Crippen LogP contribution in [0.2, 0.25) is 0 Å². The van der Waals surface area contributed by atoms with Crippen LogP contribution in [0.25, 0.3) is 0 Å². The van der Waals surface area contributed by atoms with Crippen LogP contribution in [0.3, 0.4) is 0 Å². The molecule has 1 atom stereocenters. The predicted molar refractivity (Wildman–Crippen MR) is 75.5 cm³/mol. The molecule has 1 aromatic rings. The second-order valence-corrected chi connectivity index (χ2v) is 6.31. The zero-order valence-corrected chi connectivity index (χ0v) is 12.0. The molecule has 6 heteroatoms. The summed E-state index contributed by atoms with van der Waals surface area (Å²) in [6, 6.07) is 7.65. The Bertz CT molecular complexity index is 485. The van der Waals surface area contributed by atoms with Crippen molar-refractivity contribution in [3.8, 4) is 0 Å². The average molecular weight is 291 g/mol. The van der Waals surface area contributed by atoms with Crippen LogP contribution in [-0.4, -0.2) is 27.5 Å². The standard InChI is InChI=1S/C12H18N2O2S.ClH/c1-10-3-2-4-11(7-10)9-17(15,16)14-12-5-6-13-8-12;/h2-4,7,12-14H,5-6,8-9H2,1H3;1H. The third-order valence-electron chi connectivity index (χ3n) is 2.85. The molecule has 0 saturated carbocycles. The van der Waals surface area contributed by atoms with E-state index in [4.69, 9.17) is 0 Å². The average Bonchev–Trinajstić information content (AvgIpc) is 2.68. The first-order chi connectivity index (χ1) is 8.05. The van der Waals surface area contributed by atoms with E-state index >= 15 is 0 Å². The van der Waals surface area contributed by atoms with Gasteiger partial charge in [-0.05, 0) is 25.5 Å². The molecule has 18 heavy (non-hydrogen) atoms. The van der Waals surface area contributed by atoms with Crippen LogP contribution in [0.5, 0.6) is 0 Å². The minimum Gasteiger partial charge on any atom is -0.315 e. The summed E-state index contributed by atoms with van der Waals surface area (Å²) in [6.07, 6.45) is 0.868. The number of nitrogens with one attached hydrogen (secondary N) is 2. The van der Waals surface area contributed by atoms with E-state index in [1.54, 1.807) is 0 Å². The Hall–Kier alpha value is -0.620. The Labute approximate surface area is 115 Å². The van der Waals surface area contributed by atoms with Gasteiger partial charge in [0.05, 0.1) is 5.75 Å². The summed E-state index contributed by atoms with van der Waals surface area (Å²) < 4.78 is 26.6. The number of halogens is 1. The van der Waals surface area contributed by atoms with Crippen LogP contribution in [0.4, 0.5) is 0 Å². The molecule has 102 valence electrons. The highest BCUT2D eigenvalue weighted by atomic mass is 35.5. The molecule has 2 N–H and O–H groups in total. The molecule has 2 rings (SSSR count). The lowest BCUT2D eigenvalue weighted by Gasteiger charge is -2.12. The zero-order valence-electron chi connectivity index (χ0n) is 10.3. The highest BCUT2D eigenvalue weighted by Gasteiger charge is 2.21. The molecule has 1 saturated heterocycles. The lowest BCUT2D eigenvalue weighted by Crippen LogP contribution is -2.36. The molecular formula is C12H19ClN2O2S. The maximum atomic E-state index is 11.9. The summed E-state index contributed by atoms with van der Waals surface area (Å²) in [5, 5.41) is 3.14. The van der Waals surface area contributed by atoms with Gasteiger partial charge < -0.3 is 5.32 Å². The van der Waals surface area contributed by atoms with Gasteiger partial charge >= 0.3 is 0 Å². The van der Waals surface area contributed by atoms with Crippen molar-refractivity contribution in [2.45, 2.75) is 25.1 Å². The lowest BCUT2D eigenvalue weighted by molar-refractivity contribution is 0.559. The molecule has 4 nitrogen and oxygen atoms in total. The van der Waals surface area contributed by atoms with Crippen LogP contribution < -0.4 is 10.0 Å². The van der Waals surface area contributed by atoms with Crippen LogP contribution in [0, 0.1) is 6.92 Å². The minimum absolute atomic E-state index is 0. The molecule has 1 heterocycles. The van der Waals surface area contributed by atoms with Crippen molar-refractivity contribution >= 4 is 22.4 Å². The SMILES string of the molecule is Cc1cccc(CS(=O)(=O)NC2CCNC2)c1.Cl. The molecule has 0 spiro atoms. The van der Waals surface area contributed by atoms with Gasteiger partial charge in [0.25, 0.3) is 0 Å². The molecule has 0 radical (unpaired) electrons. The third kappa shape index (κ3) is 4.57. The monoisotopic (exact) mass is 290 g/mol. The number of sulfonamides is 1. The summed E-state index contributed by atoms with van der Waals surface area (Å²) in [5.74, 6) is 0.0607. The topological polar surface area (TPSA) is 58.2 Å². The van der Waals surface area contributed by atoms with Gasteiger partial charge in [0.15, 0.2) is 0 Å². The largest absolute Gasteiger partial charge is 0.315 e. The summed E-state index contributed by atoms with van der Waals surface area (Å²) in [7, 11) is -3.22. The smallest absolute Gasteiger partial charge is 0.216 e. The molecule has 1 fully saturated rings. The number of aryl methyl sites for hydroxylation is 1. The molecule has 1 aromatic carbocycles. The molecule has 1 aliphatic rings. The highest BCUT2D eigenvalue weighted by Crippen LogP contribution is 2.09. The van der Waals surface area contributed by atoms with E-state index in [0.29, 0.717) is 0 Å². The van der Waals surface area contributed by atoms with Gasteiger partial charge in [-0.1, -0.05) is 29.8 Å². The van der Waals surface area contributed by atoms with Crippen LogP contribution >= 0.6 is 12.4 Å². The molecule has 0 aromatic heterocycles. The van der Waals surface area contributed by atoms with E-state index in [1.807, 2.05) is 31.2 Å². The van der Waals surface area contributed by atoms with E-state index in [1.165, 1.54) is 0 Å². The number of hydrogen-bond acceptors (Lipinski definition) is 3. The van der Waals surface area contributed by atoms with Crippen molar-refractivity contribution in [2.75, 3.05) is 13.1 Å². The predicted octanol–water partition coefficient (Wildman–Crippen LogP) is 1.20. The highest BCUT2D eigenvalue weighted by molar-refractivity contribution is 7.88. The number of rotatable bonds is 4. The maximum Gasteiger partial charge on any atom is 0.216 e. The fraction of sp³-hybridized carbons (Fsp3) is 0.500. The Morgan fingerprint density at radius 1 is 1.44 bits per heavy atom. The maximum absolute atomic E-state index is 11.9. The van der Waals surface area contributed by atoms with Crippen molar-refractivity contribution in [3.05, 3.63) is 35.4 Å². The van der Waals surface area contributed by atoms with Crippen LogP contribution in [0.15, 0.2) is 24.3 Å². The van der Waals surface area contributed by atoms with Crippen molar-refractivity contribution in [2.24, 2.45) is 0 Å². The fourth-order valence-electron chi connectivity index (χ4n) is 2.07. The second-order valence-electron chi connectivity index (χ2n) is 4.56. The van der Waals surface area contributed by atoms with Crippen LogP contribution in [0.1, 0.15) is 17.5 Å². The quantitative estimate of drug-likeness (QED) is 0.876.